The molecule has 1 amide bonds. The Morgan fingerprint density at radius 2 is 2.32 bits per heavy atom. The molecule has 0 radical (unpaired) electrons. The maximum Gasteiger partial charge on any atom is 0.258 e. The molecule has 4 nitrogen and oxygen atoms in total. The number of hydrogen-bond donors (Lipinski definition) is 2. The van der Waals surface area contributed by atoms with Crippen molar-refractivity contribution in [3.05, 3.63) is 28.7 Å². The van der Waals surface area contributed by atoms with Gasteiger partial charge in [-0.3, -0.25) is 4.79 Å². The van der Waals surface area contributed by atoms with Gasteiger partial charge in [-0.2, -0.15) is 0 Å². The van der Waals surface area contributed by atoms with E-state index in [1.165, 1.54) is 0 Å². The number of aliphatic hydroxyl groups is 1. The molecule has 1 aliphatic carbocycles. The smallest absolute Gasteiger partial charge is 0.258 e. The van der Waals surface area contributed by atoms with Crippen LogP contribution in [0.25, 0.3) is 0 Å². The maximum atomic E-state index is 11.8. The zero-order valence-corrected chi connectivity index (χ0v) is 12.6. The van der Waals surface area contributed by atoms with E-state index < -0.39 is 0 Å². The van der Waals surface area contributed by atoms with Gasteiger partial charge in [-0.1, -0.05) is 35.8 Å². The highest BCUT2D eigenvalue weighted by Crippen LogP contribution is 2.40. The molecule has 2 unspecified atom stereocenters. The first-order chi connectivity index (χ1) is 8.89. The van der Waals surface area contributed by atoms with E-state index in [9.17, 15) is 9.90 Å². The Labute approximate surface area is 121 Å². The van der Waals surface area contributed by atoms with Crippen LogP contribution in [0.1, 0.15) is 20.3 Å². The molecule has 5 heteroatoms. The Balaban J connectivity index is 1.80. The van der Waals surface area contributed by atoms with Crippen LogP contribution >= 0.6 is 15.9 Å². The lowest BCUT2D eigenvalue weighted by atomic mass is 9.64. The number of nitrogens with one attached hydrogen (secondary N) is 1. The Morgan fingerprint density at radius 3 is 2.89 bits per heavy atom. The highest BCUT2D eigenvalue weighted by Gasteiger charge is 2.47. The van der Waals surface area contributed by atoms with Crippen molar-refractivity contribution in [3.63, 3.8) is 0 Å². The minimum atomic E-state index is -0.344. The number of ether oxygens (including phenoxy) is 1. The van der Waals surface area contributed by atoms with E-state index in [2.05, 4.69) is 21.2 Å². The summed E-state index contributed by atoms with van der Waals surface area (Å²) in [6, 6.07) is 7.37. The molecule has 1 saturated carbocycles. The first-order valence-electron chi connectivity index (χ1n) is 6.25. The number of benzene rings is 1. The second-order valence-corrected chi connectivity index (χ2v) is 6.35. The summed E-state index contributed by atoms with van der Waals surface area (Å²) in [6.45, 7) is 3.88. The first-order valence-corrected chi connectivity index (χ1v) is 7.04. The van der Waals surface area contributed by atoms with Crippen molar-refractivity contribution < 1.29 is 14.6 Å². The average Bonchev–Trinajstić information content (AvgIpc) is 2.36. The number of carbonyl (C=O) groups excluding carboxylic acids is 1. The fourth-order valence-corrected chi connectivity index (χ4v) is 2.47. The van der Waals surface area contributed by atoms with Gasteiger partial charge in [0.1, 0.15) is 5.75 Å². The number of hydrogen-bond acceptors (Lipinski definition) is 3. The van der Waals surface area contributed by atoms with Crippen molar-refractivity contribution in [2.75, 3.05) is 6.61 Å². The third kappa shape index (κ3) is 3.28. The van der Waals surface area contributed by atoms with Gasteiger partial charge in [-0.05, 0) is 24.6 Å². The summed E-state index contributed by atoms with van der Waals surface area (Å²) < 4.78 is 6.32. The van der Waals surface area contributed by atoms with Crippen LogP contribution in [-0.2, 0) is 4.79 Å². The van der Waals surface area contributed by atoms with Crippen molar-refractivity contribution in [3.8, 4) is 5.75 Å². The predicted molar refractivity (Wildman–Crippen MR) is 76.0 cm³/mol. The lowest BCUT2D eigenvalue weighted by molar-refractivity contribution is -0.131. The number of halogens is 1. The molecule has 0 aromatic heterocycles. The zero-order chi connectivity index (χ0) is 14.0. The van der Waals surface area contributed by atoms with Crippen LogP contribution in [0, 0.1) is 5.41 Å². The standard InChI is InChI=1S/C14H18BrNO3/c1-14(2)11(7-12(14)17)16-13(18)8-19-10-5-3-4-9(15)6-10/h3-6,11-12,17H,7-8H2,1-2H3,(H,16,18). The molecule has 2 N–H and O–H groups in total. The lowest BCUT2D eigenvalue weighted by Crippen LogP contribution is -2.61. The van der Waals surface area contributed by atoms with Gasteiger partial charge in [-0.25, -0.2) is 0 Å². The highest BCUT2D eigenvalue weighted by molar-refractivity contribution is 9.10. The van der Waals surface area contributed by atoms with Gasteiger partial charge in [0.05, 0.1) is 6.10 Å². The van der Waals surface area contributed by atoms with Gasteiger partial charge in [0, 0.05) is 15.9 Å². The van der Waals surface area contributed by atoms with E-state index in [1.807, 2.05) is 32.0 Å². The fraction of sp³-hybridized carbons (Fsp3) is 0.500. The molecule has 0 bridgehead atoms. The fourth-order valence-electron chi connectivity index (χ4n) is 2.09. The van der Waals surface area contributed by atoms with Crippen molar-refractivity contribution in [1.82, 2.24) is 5.32 Å². The van der Waals surface area contributed by atoms with Gasteiger partial charge < -0.3 is 15.2 Å². The summed E-state index contributed by atoms with van der Waals surface area (Å²) in [5, 5.41) is 12.5. The van der Waals surface area contributed by atoms with Crippen molar-refractivity contribution in [1.29, 1.82) is 0 Å². The third-order valence-corrected chi connectivity index (χ3v) is 4.21. The number of carbonyl (C=O) groups is 1. The molecular formula is C14H18BrNO3. The van der Waals surface area contributed by atoms with Gasteiger partial charge in [0.15, 0.2) is 6.61 Å². The van der Waals surface area contributed by atoms with Gasteiger partial charge in [0.25, 0.3) is 5.91 Å². The summed E-state index contributed by atoms with van der Waals surface area (Å²) in [7, 11) is 0. The Hall–Kier alpha value is -1.07. The van der Waals surface area contributed by atoms with Crippen LogP contribution in [0.2, 0.25) is 0 Å². The SMILES string of the molecule is CC1(C)C(O)CC1NC(=O)COc1cccc(Br)c1. The van der Waals surface area contributed by atoms with E-state index in [0.717, 1.165) is 4.47 Å². The monoisotopic (exact) mass is 327 g/mol. The van der Waals surface area contributed by atoms with Gasteiger partial charge in [0.2, 0.25) is 0 Å². The van der Waals surface area contributed by atoms with E-state index in [0.29, 0.717) is 12.2 Å². The molecule has 0 heterocycles. The minimum absolute atomic E-state index is 0.0148. The maximum absolute atomic E-state index is 11.8. The summed E-state index contributed by atoms with van der Waals surface area (Å²) in [6.07, 6.45) is 0.263. The Morgan fingerprint density at radius 1 is 1.58 bits per heavy atom. The van der Waals surface area contributed by atoms with E-state index >= 15 is 0 Å². The topological polar surface area (TPSA) is 58.6 Å². The second kappa shape index (κ2) is 5.51. The second-order valence-electron chi connectivity index (χ2n) is 5.44. The molecule has 104 valence electrons. The van der Waals surface area contributed by atoms with E-state index in [1.54, 1.807) is 6.07 Å². The molecule has 1 aromatic carbocycles. The molecule has 1 aromatic rings. The molecular weight excluding hydrogens is 310 g/mol. The van der Waals surface area contributed by atoms with Crippen LogP contribution in [0.4, 0.5) is 0 Å². The minimum Gasteiger partial charge on any atom is -0.484 e. The summed E-state index contributed by atoms with van der Waals surface area (Å²) in [4.78, 5) is 11.8. The van der Waals surface area contributed by atoms with Crippen LogP contribution in [0.3, 0.4) is 0 Å². The largest absolute Gasteiger partial charge is 0.484 e. The molecule has 1 aliphatic rings. The van der Waals surface area contributed by atoms with Crippen LogP contribution in [0.15, 0.2) is 28.7 Å². The third-order valence-electron chi connectivity index (χ3n) is 3.72. The molecule has 2 rings (SSSR count). The van der Waals surface area contributed by atoms with E-state index in [-0.39, 0.29) is 30.1 Å². The summed E-state index contributed by atoms with van der Waals surface area (Å²) in [5.74, 6) is 0.488. The van der Waals surface area contributed by atoms with Gasteiger partial charge >= 0.3 is 0 Å². The molecule has 0 saturated heterocycles. The lowest BCUT2D eigenvalue weighted by Gasteiger charge is -2.49. The van der Waals surface area contributed by atoms with Gasteiger partial charge in [-0.15, -0.1) is 0 Å². The van der Waals surface area contributed by atoms with Crippen LogP contribution in [-0.4, -0.2) is 29.8 Å². The first kappa shape index (κ1) is 14.3. The summed E-state index contributed by atoms with van der Waals surface area (Å²) in [5.41, 5.74) is -0.258. The summed E-state index contributed by atoms with van der Waals surface area (Å²) >= 11 is 3.34. The molecule has 1 fully saturated rings. The quantitative estimate of drug-likeness (QED) is 0.890. The number of aliphatic hydroxyl groups excluding tert-OH is 1. The average molecular weight is 328 g/mol. The number of rotatable bonds is 4. The number of amides is 1. The van der Waals surface area contributed by atoms with Crippen LogP contribution in [0.5, 0.6) is 5.75 Å². The van der Waals surface area contributed by atoms with Crippen molar-refractivity contribution in [2.24, 2.45) is 5.41 Å². The Bertz CT molecular complexity index is 476. The van der Waals surface area contributed by atoms with E-state index in [4.69, 9.17) is 4.74 Å². The zero-order valence-electron chi connectivity index (χ0n) is 11.0. The molecule has 2 atom stereocenters. The normalized spacial score (nSPS) is 24.4. The van der Waals surface area contributed by atoms with Crippen LogP contribution < -0.4 is 10.1 Å². The highest BCUT2D eigenvalue weighted by atomic mass is 79.9. The van der Waals surface area contributed by atoms with Crippen molar-refractivity contribution in [2.45, 2.75) is 32.4 Å². The van der Waals surface area contributed by atoms with Crippen molar-refractivity contribution >= 4 is 21.8 Å². The molecule has 19 heavy (non-hydrogen) atoms. The Kier molecular flexibility index (Phi) is 4.16. The predicted octanol–water partition coefficient (Wildman–Crippen LogP) is 2.10. The molecule has 0 spiro atoms. The molecule has 0 aliphatic heterocycles.